The van der Waals surface area contributed by atoms with Gasteiger partial charge in [0.05, 0.1) is 52.3 Å². The van der Waals surface area contributed by atoms with Crippen LogP contribution in [0.4, 0.5) is 16.7 Å². The fraction of sp³-hybridized carbons (Fsp3) is 0.426. The Morgan fingerprint density at radius 3 is 1.93 bits per heavy atom. The number of hydrogen-bond acceptors (Lipinski definition) is 14. The summed E-state index contributed by atoms with van der Waals surface area (Å²) in [4.78, 5) is 83.0. The highest BCUT2D eigenvalue weighted by Crippen LogP contribution is 2.34. The van der Waals surface area contributed by atoms with Gasteiger partial charge < -0.3 is 38.5 Å². The highest BCUT2D eigenvalue weighted by Gasteiger charge is 2.27. The number of amides is 3. The first-order valence-electron chi connectivity index (χ1n) is 22.6. The number of imidazole rings is 2. The predicted molar refractivity (Wildman–Crippen MR) is 258 cm³/mol. The molecule has 7 rings (SSSR count). The highest BCUT2D eigenvalue weighted by atomic mass is 32.1. The van der Waals surface area contributed by atoms with E-state index in [1.807, 2.05) is 47.6 Å². The lowest BCUT2D eigenvalue weighted by molar-refractivity contribution is 0.0141. The number of anilines is 2. The zero-order valence-electron chi connectivity index (χ0n) is 39.9. The Labute approximate surface area is 401 Å². The minimum atomic E-state index is -1.19. The largest absolute Gasteiger partial charge is 0.494 e. The van der Waals surface area contributed by atoms with E-state index in [0.717, 1.165) is 5.01 Å². The molecule has 0 spiro atoms. The van der Waals surface area contributed by atoms with Crippen LogP contribution in [-0.4, -0.2) is 136 Å². The molecule has 1 aliphatic rings. The number of ether oxygens (including phenoxy) is 3. The molecule has 0 aliphatic carbocycles. The highest BCUT2D eigenvalue weighted by molar-refractivity contribution is 7.13. The fourth-order valence-electron chi connectivity index (χ4n) is 8.01. The van der Waals surface area contributed by atoms with E-state index in [0.29, 0.717) is 85.1 Å². The van der Waals surface area contributed by atoms with Crippen molar-refractivity contribution in [3.05, 3.63) is 80.6 Å². The SMILES string of the molecule is CCc1nc(C)sc1C(=O)Nc1nc2cc(C(=O)O)cc(OCCCN3CCN(C(=O)OC(C)(C)C)CC3)c2n1CC=CCn1c(NC(=O)c2cc(C)nn2CC)nc2cc(C(=O)O)cc(OC)c21. The van der Waals surface area contributed by atoms with E-state index in [1.165, 1.54) is 42.7 Å². The van der Waals surface area contributed by atoms with Gasteiger partial charge in [0.25, 0.3) is 11.8 Å². The van der Waals surface area contributed by atoms with Crippen molar-refractivity contribution in [2.24, 2.45) is 0 Å². The molecule has 6 aromatic rings. The number of fused-ring (bicyclic) bond motifs is 2. The molecule has 3 amide bonds. The van der Waals surface area contributed by atoms with Gasteiger partial charge in [0.2, 0.25) is 11.9 Å². The molecular weight excluding hydrogens is 911 g/mol. The number of rotatable bonds is 18. The van der Waals surface area contributed by atoms with E-state index >= 15 is 0 Å². The van der Waals surface area contributed by atoms with Gasteiger partial charge >= 0.3 is 18.0 Å². The number of methoxy groups -OCH3 is 1. The number of thiazole rings is 1. The first-order valence-corrected chi connectivity index (χ1v) is 23.4. The summed E-state index contributed by atoms with van der Waals surface area (Å²) < 4.78 is 22.6. The van der Waals surface area contributed by atoms with E-state index in [4.69, 9.17) is 19.2 Å². The molecule has 21 nitrogen and oxygen atoms in total. The number of carbonyl (C=O) groups excluding carboxylic acids is 3. The van der Waals surface area contributed by atoms with Gasteiger partial charge in [-0.3, -0.25) is 29.8 Å². The van der Waals surface area contributed by atoms with Crippen LogP contribution in [0.1, 0.15) is 98.3 Å². The van der Waals surface area contributed by atoms with Gasteiger partial charge in [-0.05, 0) is 84.7 Å². The zero-order chi connectivity index (χ0) is 49.7. The summed E-state index contributed by atoms with van der Waals surface area (Å²) in [7, 11) is 1.41. The first-order chi connectivity index (χ1) is 32.9. The minimum absolute atomic E-state index is 0.0552. The van der Waals surface area contributed by atoms with Gasteiger partial charge in [-0.25, -0.2) is 29.3 Å². The molecule has 0 saturated carbocycles. The van der Waals surface area contributed by atoms with Crippen molar-refractivity contribution in [3.63, 3.8) is 0 Å². The van der Waals surface area contributed by atoms with Crippen LogP contribution >= 0.6 is 11.3 Å². The molecule has 1 fully saturated rings. The third-order valence-corrected chi connectivity index (χ3v) is 12.2. The molecule has 0 bridgehead atoms. The average Bonchev–Trinajstić information content (AvgIpc) is 4.07. The molecule has 1 saturated heterocycles. The number of aromatic carboxylic acids is 2. The number of allylic oxidation sites excluding steroid dienone is 2. The van der Waals surface area contributed by atoms with Crippen molar-refractivity contribution in [1.82, 2.24) is 43.7 Å². The van der Waals surface area contributed by atoms with Crippen molar-refractivity contribution in [2.75, 3.05) is 57.1 Å². The van der Waals surface area contributed by atoms with Crippen LogP contribution in [0.15, 0.2) is 42.5 Å². The summed E-state index contributed by atoms with van der Waals surface area (Å²) in [6, 6.07) is 7.31. The third kappa shape index (κ3) is 11.3. The quantitative estimate of drug-likeness (QED) is 0.0515. The normalized spacial score (nSPS) is 13.4. The van der Waals surface area contributed by atoms with Crippen LogP contribution in [-0.2, 0) is 30.8 Å². The van der Waals surface area contributed by atoms with E-state index in [1.54, 1.807) is 37.8 Å². The summed E-state index contributed by atoms with van der Waals surface area (Å²) >= 11 is 1.26. The van der Waals surface area contributed by atoms with Crippen LogP contribution < -0.4 is 20.1 Å². The Morgan fingerprint density at radius 2 is 1.38 bits per heavy atom. The van der Waals surface area contributed by atoms with Crippen molar-refractivity contribution >= 4 is 75.1 Å². The van der Waals surface area contributed by atoms with E-state index < -0.39 is 29.4 Å². The maximum Gasteiger partial charge on any atom is 0.410 e. The Bertz CT molecular complexity index is 2950. The lowest BCUT2D eigenvalue weighted by Crippen LogP contribution is -2.50. The second kappa shape index (κ2) is 20.9. The number of carboxylic acid groups (broad SMARTS) is 2. The fourth-order valence-corrected chi connectivity index (χ4v) is 8.91. The number of hydrogen-bond donors (Lipinski definition) is 4. The predicted octanol–water partition coefficient (Wildman–Crippen LogP) is 6.73. The lowest BCUT2D eigenvalue weighted by atomic mass is 10.2. The number of carbonyl (C=O) groups is 5. The molecule has 69 heavy (non-hydrogen) atoms. The number of carboxylic acids is 2. The summed E-state index contributed by atoms with van der Waals surface area (Å²) in [6.45, 7) is 16.8. The number of nitrogens with one attached hydrogen (secondary N) is 2. The molecule has 5 heterocycles. The van der Waals surface area contributed by atoms with E-state index in [9.17, 15) is 34.2 Å². The number of benzene rings is 2. The second-order valence-electron chi connectivity index (χ2n) is 17.3. The Morgan fingerprint density at radius 1 is 0.797 bits per heavy atom. The van der Waals surface area contributed by atoms with Gasteiger partial charge in [-0.2, -0.15) is 5.10 Å². The molecule has 1 aliphatic heterocycles. The molecule has 0 unspecified atom stereocenters. The summed E-state index contributed by atoms with van der Waals surface area (Å²) in [5.74, 6) is -2.55. The topological polar surface area (TPSA) is 250 Å². The third-order valence-electron chi connectivity index (χ3n) is 11.2. The monoisotopic (exact) mass is 967 g/mol. The number of nitrogens with zero attached hydrogens (tertiary/aromatic N) is 9. The van der Waals surface area contributed by atoms with E-state index in [2.05, 4.69) is 30.6 Å². The van der Waals surface area contributed by atoms with Gasteiger partial charge in [0.15, 0.2) is 0 Å². The molecule has 0 atom stereocenters. The second-order valence-corrected chi connectivity index (χ2v) is 18.5. The number of piperazine rings is 1. The summed E-state index contributed by atoms with van der Waals surface area (Å²) in [6.07, 6.45) is 4.39. The molecule has 366 valence electrons. The van der Waals surface area contributed by atoms with Gasteiger partial charge in [0, 0.05) is 52.4 Å². The van der Waals surface area contributed by atoms with Crippen LogP contribution in [0, 0.1) is 13.8 Å². The average molecular weight is 968 g/mol. The van der Waals surface area contributed by atoms with Gasteiger partial charge in [0.1, 0.15) is 38.7 Å². The van der Waals surface area contributed by atoms with Crippen LogP contribution in [0.5, 0.6) is 11.5 Å². The number of aromatic nitrogens is 7. The van der Waals surface area contributed by atoms with Crippen molar-refractivity contribution < 1.29 is 48.4 Å². The summed E-state index contributed by atoms with van der Waals surface area (Å²) in [5.41, 5.74) is 2.31. The van der Waals surface area contributed by atoms with Crippen LogP contribution in [0.2, 0.25) is 0 Å². The van der Waals surface area contributed by atoms with Gasteiger partial charge in [-0.1, -0.05) is 19.1 Å². The zero-order valence-corrected chi connectivity index (χ0v) is 40.7. The first kappa shape index (κ1) is 49.6. The molecule has 4 N–H and O–H groups in total. The Hall–Kier alpha value is -7.33. The summed E-state index contributed by atoms with van der Waals surface area (Å²) in [5, 5.41) is 31.0. The molecule has 0 radical (unpaired) electrons. The van der Waals surface area contributed by atoms with Crippen molar-refractivity contribution in [3.8, 4) is 11.5 Å². The maximum atomic E-state index is 13.9. The van der Waals surface area contributed by atoms with Crippen molar-refractivity contribution in [2.45, 2.75) is 86.5 Å². The van der Waals surface area contributed by atoms with Crippen molar-refractivity contribution in [1.29, 1.82) is 0 Å². The van der Waals surface area contributed by atoms with Crippen LogP contribution in [0.3, 0.4) is 0 Å². The van der Waals surface area contributed by atoms with E-state index in [-0.39, 0.29) is 71.3 Å². The number of aryl methyl sites for hydroxylation is 4. The minimum Gasteiger partial charge on any atom is -0.494 e. The lowest BCUT2D eigenvalue weighted by Gasteiger charge is -2.35. The molecule has 4 aromatic heterocycles. The standard InChI is InChI=1S/C47H57N11O10S/c1-9-31-39(69-28(4)48-31)41(60)52-45-50-33-24-30(43(63)64)26-36(67-21-13-14-54-17-19-55(20-18-54)46(65)68-47(5,6)7)38(33)57(45)16-12-11-15-56-37-32(23-29(42(61)62)25-35(37)66-8)49-44(56)51-40(59)34-22-27(3)53-58(34)10-2/h11-12,22-26H,9-10,13-21H2,1-8H3,(H,61,62)(H,63,64)(H,49,51,59)(H,50,52,60). The molecule has 2 aromatic carbocycles. The Balaban J connectivity index is 1.19. The van der Waals surface area contributed by atoms with Crippen LogP contribution in [0.25, 0.3) is 22.1 Å². The smallest absolute Gasteiger partial charge is 0.410 e. The Kier molecular flexibility index (Phi) is 15.0. The molecular formula is C47H57N11O10S. The maximum absolute atomic E-state index is 13.9. The van der Waals surface area contributed by atoms with Gasteiger partial charge in [-0.15, -0.1) is 11.3 Å². The molecule has 22 heteroatoms.